The van der Waals surface area contributed by atoms with Crippen molar-refractivity contribution in [2.75, 3.05) is 0 Å². The molecule has 4 aromatic carbocycles. The fourth-order valence-corrected chi connectivity index (χ4v) is 3.76. The minimum Gasteiger partial charge on any atom is -0.508 e. The van der Waals surface area contributed by atoms with E-state index in [4.69, 9.17) is 0 Å². The molecular formula is C27H20O10. The van der Waals surface area contributed by atoms with Gasteiger partial charge in [-0.05, 0) is 60.7 Å². The number of hydrogen-bond donors (Lipinski definition) is 8. The van der Waals surface area contributed by atoms with E-state index in [1.165, 1.54) is 48.5 Å². The van der Waals surface area contributed by atoms with Gasteiger partial charge in [0.25, 0.3) is 0 Å². The zero-order valence-corrected chi connectivity index (χ0v) is 18.9. The van der Waals surface area contributed by atoms with Crippen molar-refractivity contribution in [3.63, 3.8) is 0 Å². The van der Waals surface area contributed by atoms with Crippen molar-refractivity contribution in [2.24, 2.45) is 0 Å². The number of carbonyl (C=O) groups excluding carboxylic acids is 2. The highest BCUT2D eigenvalue weighted by Crippen LogP contribution is 2.45. The van der Waals surface area contributed by atoms with E-state index in [1.54, 1.807) is 0 Å². The van der Waals surface area contributed by atoms with E-state index in [-0.39, 0.29) is 33.8 Å². The van der Waals surface area contributed by atoms with Crippen LogP contribution in [0.1, 0.15) is 43.0 Å². The Bertz CT molecular complexity index is 1420. The first-order valence-electron chi connectivity index (χ1n) is 10.7. The Kier molecular flexibility index (Phi) is 6.25. The molecular weight excluding hydrogens is 484 g/mol. The van der Waals surface area contributed by atoms with Crippen LogP contribution in [0.2, 0.25) is 0 Å². The zero-order chi connectivity index (χ0) is 27.0. The van der Waals surface area contributed by atoms with Crippen molar-refractivity contribution in [3.05, 3.63) is 94.0 Å². The third-order valence-electron chi connectivity index (χ3n) is 5.78. The number of phenols is 8. The Balaban J connectivity index is 1.79. The molecule has 37 heavy (non-hydrogen) atoms. The molecule has 188 valence electrons. The summed E-state index contributed by atoms with van der Waals surface area (Å²) >= 11 is 0. The van der Waals surface area contributed by atoms with E-state index in [9.17, 15) is 50.4 Å². The van der Waals surface area contributed by atoms with Crippen LogP contribution in [-0.2, 0) is 6.42 Å². The second-order valence-electron chi connectivity index (χ2n) is 8.19. The molecule has 0 amide bonds. The minimum absolute atomic E-state index is 0.0519. The minimum atomic E-state index is -1.01. The Hall–Kier alpha value is -5.38. The SMILES string of the molecule is O=C(c1ccc(O)cc1)c1cc(Cc2cc(C(=O)c3ccc(O)cc3)c(O)c(O)c2O)c(O)c(O)c1O. The number of hydrogen-bond acceptors (Lipinski definition) is 10. The van der Waals surface area contributed by atoms with Crippen molar-refractivity contribution in [2.45, 2.75) is 6.42 Å². The van der Waals surface area contributed by atoms with Gasteiger partial charge in [-0.15, -0.1) is 0 Å². The highest BCUT2D eigenvalue weighted by atomic mass is 16.3. The van der Waals surface area contributed by atoms with Gasteiger partial charge in [-0.3, -0.25) is 9.59 Å². The molecule has 0 bridgehead atoms. The molecule has 0 aliphatic heterocycles. The second kappa shape index (κ2) is 9.34. The Morgan fingerprint density at radius 2 is 0.784 bits per heavy atom. The van der Waals surface area contributed by atoms with Gasteiger partial charge >= 0.3 is 0 Å². The number of carbonyl (C=O) groups is 2. The lowest BCUT2D eigenvalue weighted by Crippen LogP contribution is -2.05. The van der Waals surface area contributed by atoms with Crippen molar-refractivity contribution in [1.29, 1.82) is 0 Å². The van der Waals surface area contributed by atoms with E-state index < -0.39 is 63.6 Å². The van der Waals surface area contributed by atoms with Crippen LogP contribution in [0.25, 0.3) is 0 Å². The van der Waals surface area contributed by atoms with Gasteiger partial charge in [0.05, 0.1) is 11.1 Å². The van der Waals surface area contributed by atoms with Gasteiger partial charge in [-0.1, -0.05) is 0 Å². The largest absolute Gasteiger partial charge is 0.508 e. The Morgan fingerprint density at radius 3 is 1.11 bits per heavy atom. The predicted octanol–water partition coefficient (Wildman–Crippen LogP) is 3.38. The van der Waals surface area contributed by atoms with E-state index >= 15 is 0 Å². The summed E-state index contributed by atoms with van der Waals surface area (Å²) in [6, 6.07) is 12.2. The van der Waals surface area contributed by atoms with E-state index in [2.05, 4.69) is 0 Å². The van der Waals surface area contributed by atoms with Crippen LogP contribution in [0.3, 0.4) is 0 Å². The summed E-state index contributed by atoms with van der Waals surface area (Å²) < 4.78 is 0. The maximum absolute atomic E-state index is 12.9. The second-order valence-corrected chi connectivity index (χ2v) is 8.19. The third kappa shape index (κ3) is 4.50. The highest BCUT2D eigenvalue weighted by molar-refractivity contribution is 6.12. The number of phenolic OH excluding ortho intramolecular Hbond substituents is 8. The van der Waals surface area contributed by atoms with E-state index in [0.29, 0.717) is 0 Å². The lowest BCUT2D eigenvalue weighted by molar-refractivity contribution is 0.102. The van der Waals surface area contributed by atoms with Gasteiger partial charge < -0.3 is 40.9 Å². The molecule has 0 aliphatic rings. The Morgan fingerprint density at radius 1 is 0.459 bits per heavy atom. The number of rotatable bonds is 6. The summed E-state index contributed by atoms with van der Waals surface area (Å²) in [5.41, 5.74) is -1.04. The van der Waals surface area contributed by atoms with Gasteiger partial charge in [-0.2, -0.15) is 0 Å². The lowest BCUT2D eigenvalue weighted by atomic mass is 9.93. The van der Waals surface area contributed by atoms with Gasteiger partial charge in [0.15, 0.2) is 34.6 Å². The van der Waals surface area contributed by atoms with Crippen LogP contribution in [-0.4, -0.2) is 52.4 Å². The monoisotopic (exact) mass is 504 g/mol. The molecule has 0 saturated heterocycles. The maximum atomic E-state index is 12.9. The summed E-state index contributed by atoms with van der Waals surface area (Å²) in [4.78, 5) is 25.8. The first-order chi connectivity index (χ1) is 17.5. The number of benzene rings is 4. The summed E-state index contributed by atoms with van der Waals surface area (Å²) in [7, 11) is 0. The van der Waals surface area contributed by atoms with Crippen molar-refractivity contribution in [3.8, 4) is 46.0 Å². The molecule has 10 heteroatoms. The van der Waals surface area contributed by atoms with Gasteiger partial charge in [0.1, 0.15) is 11.5 Å². The van der Waals surface area contributed by atoms with Crippen LogP contribution < -0.4 is 0 Å². The topological polar surface area (TPSA) is 196 Å². The molecule has 0 heterocycles. The Labute approximate surface area is 208 Å². The first-order valence-corrected chi connectivity index (χ1v) is 10.7. The molecule has 4 rings (SSSR count). The quantitative estimate of drug-likeness (QED) is 0.142. The van der Waals surface area contributed by atoms with Crippen molar-refractivity contribution in [1.82, 2.24) is 0 Å². The molecule has 8 N–H and O–H groups in total. The molecule has 0 atom stereocenters. The van der Waals surface area contributed by atoms with Crippen molar-refractivity contribution >= 4 is 11.6 Å². The summed E-state index contributed by atoms with van der Waals surface area (Å²) in [6.07, 6.45) is -0.453. The van der Waals surface area contributed by atoms with Crippen LogP contribution in [0.15, 0.2) is 60.7 Å². The van der Waals surface area contributed by atoms with Crippen LogP contribution in [0, 0.1) is 0 Å². The standard InChI is InChI=1S/C27H20O10/c28-16-5-1-12(2-6-16)20(30)18-10-14(22(32)26(36)24(18)34)9-15-11-19(25(35)27(37)23(15)33)21(31)13-3-7-17(29)8-4-13/h1-8,10-11,28-29,32-37H,9H2. The average molecular weight is 504 g/mol. The normalized spacial score (nSPS) is 10.8. The molecule has 0 aromatic heterocycles. The molecule has 0 saturated carbocycles. The van der Waals surface area contributed by atoms with Crippen LogP contribution in [0.4, 0.5) is 0 Å². The molecule has 10 nitrogen and oxygen atoms in total. The summed E-state index contributed by atoms with van der Waals surface area (Å²) in [5.74, 6) is -7.18. The van der Waals surface area contributed by atoms with Crippen LogP contribution >= 0.6 is 0 Å². The zero-order valence-electron chi connectivity index (χ0n) is 18.9. The summed E-state index contributed by atoms with van der Waals surface area (Å²) in [5, 5.41) is 80.8. The van der Waals surface area contributed by atoms with E-state index in [1.807, 2.05) is 0 Å². The molecule has 0 radical (unpaired) electrons. The molecule has 4 aromatic rings. The van der Waals surface area contributed by atoms with Gasteiger partial charge in [0, 0.05) is 28.7 Å². The van der Waals surface area contributed by atoms with E-state index in [0.717, 1.165) is 12.1 Å². The number of ketones is 2. The third-order valence-corrected chi connectivity index (χ3v) is 5.78. The molecule has 0 spiro atoms. The highest BCUT2D eigenvalue weighted by Gasteiger charge is 2.26. The fraction of sp³-hybridized carbons (Fsp3) is 0.0370. The van der Waals surface area contributed by atoms with Crippen LogP contribution in [0.5, 0.6) is 46.0 Å². The fourth-order valence-electron chi connectivity index (χ4n) is 3.76. The summed E-state index contributed by atoms with van der Waals surface area (Å²) in [6.45, 7) is 0. The number of aromatic hydroxyl groups is 8. The molecule has 0 aliphatic carbocycles. The molecule has 0 fully saturated rings. The molecule has 0 unspecified atom stereocenters. The van der Waals surface area contributed by atoms with Crippen molar-refractivity contribution < 1.29 is 50.4 Å². The average Bonchev–Trinajstić information content (AvgIpc) is 2.89. The van der Waals surface area contributed by atoms with Gasteiger partial charge in [0.2, 0.25) is 11.5 Å². The van der Waals surface area contributed by atoms with Gasteiger partial charge in [-0.25, -0.2) is 0 Å². The predicted molar refractivity (Wildman–Crippen MR) is 129 cm³/mol. The lowest BCUT2D eigenvalue weighted by Gasteiger charge is -2.15. The first kappa shape index (κ1) is 24.7. The maximum Gasteiger partial charge on any atom is 0.201 e. The smallest absolute Gasteiger partial charge is 0.201 e.